The van der Waals surface area contributed by atoms with E-state index in [1.54, 1.807) is 0 Å². The van der Waals surface area contributed by atoms with Crippen LogP contribution in [-0.4, -0.2) is 38.7 Å². The summed E-state index contributed by atoms with van der Waals surface area (Å²) in [5.41, 5.74) is 6.05. The van der Waals surface area contributed by atoms with Gasteiger partial charge in [0.05, 0.1) is 6.20 Å². The Morgan fingerprint density at radius 3 is 2.81 bits per heavy atom. The number of fused-ring (bicyclic) bond motifs is 1. The van der Waals surface area contributed by atoms with Gasteiger partial charge >= 0.3 is 0 Å². The molecule has 1 saturated heterocycles. The van der Waals surface area contributed by atoms with E-state index < -0.39 is 0 Å². The summed E-state index contributed by atoms with van der Waals surface area (Å²) in [5.74, 6) is 0.786. The van der Waals surface area contributed by atoms with Crippen LogP contribution in [0.3, 0.4) is 0 Å². The molecule has 3 heterocycles. The molecule has 1 aliphatic rings. The van der Waals surface area contributed by atoms with Gasteiger partial charge in [-0.2, -0.15) is 5.10 Å². The van der Waals surface area contributed by atoms with Gasteiger partial charge in [-0.15, -0.1) is 0 Å². The van der Waals surface area contributed by atoms with E-state index in [2.05, 4.69) is 63.0 Å². The maximum Gasteiger partial charge on any atom is 0.222 e. The molecule has 0 unspecified atom stereocenters. The highest BCUT2D eigenvalue weighted by molar-refractivity contribution is 5.86. The van der Waals surface area contributed by atoms with Crippen LogP contribution in [0, 0.1) is 12.8 Å². The van der Waals surface area contributed by atoms with Crippen molar-refractivity contribution in [3.63, 3.8) is 0 Å². The Kier molecular flexibility index (Phi) is 5.33. The van der Waals surface area contributed by atoms with Crippen molar-refractivity contribution in [2.45, 2.75) is 32.7 Å². The molecule has 2 aromatic carbocycles. The molecule has 0 saturated carbocycles. The summed E-state index contributed by atoms with van der Waals surface area (Å²) in [6.07, 6.45) is 6.27. The number of benzene rings is 2. The number of aromatic amines is 1. The van der Waals surface area contributed by atoms with Crippen LogP contribution < -0.4 is 0 Å². The van der Waals surface area contributed by atoms with Crippen molar-refractivity contribution in [1.29, 1.82) is 0 Å². The number of amides is 1. The van der Waals surface area contributed by atoms with Gasteiger partial charge in [0.2, 0.25) is 5.91 Å². The fraction of sp³-hybridized carbons (Fsp3) is 0.308. The Balaban J connectivity index is 1.24. The summed E-state index contributed by atoms with van der Waals surface area (Å²) in [7, 11) is 0. The van der Waals surface area contributed by atoms with Crippen LogP contribution in [0.25, 0.3) is 22.0 Å². The van der Waals surface area contributed by atoms with E-state index in [0.717, 1.165) is 38.0 Å². The van der Waals surface area contributed by atoms with Gasteiger partial charge in [0.15, 0.2) is 0 Å². The molecule has 1 aliphatic heterocycles. The Labute approximate surface area is 182 Å². The molecule has 158 valence electrons. The van der Waals surface area contributed by atoms with E-state index in [0.29, 0.717) is 12.3 Å². The zero-order chi connectivity index (χ0) is 21.2. The summed E-state index contributed by atoms with van der Waals surface area (Å²) in [6, 6.07) is 19.1. The molecule has 1 atom stereocenters. The van der Waals surface area contributed by atoms with E-state index in [9.17, 15) is 4.79 Å². The summed E-state index contributed by atoms with van der Waals surface area (Å²) >= 11 is 0. The van der Waals surface area contributed by atoms with Crippen molar-refractivity contribution in [2.24, 2.45) is 5.92 Å². The van der Waals surface area contributed by atoms with Gasteiger partial charge < -0.3 is 9.47 Å². The average Bonchev–Trinajstić information content (AvgIpc) is 3.54. The molecule has 5 rings (SSSR count). The summed E-state index contributed by atoms with van der Waals surface area (Å²) in [6.45, 7) is 4.87. The van der Waals surface area contributed by atoms with E-state index >= 15 is 0 Å². The molecule has 31 heavy (non-hydrogen) atoms. The zero-order valence-electron chi connectivity index (χ0n) is 17.9. The number of nitrogens with zero attached hydrogens (tertiary/aromatic N) is 3. The first-order valence-electron chi connectivity index (χ1n) is 11.1. The maximum atomic E-state index is 12.7. The molecule has 1 N–H and O–H groups in total. The maximum absolute atomic E-state index is 12.7. The zero-order valence-corrected chi connectivity index (χ0v) is 17.9. The molecular formula is C26H28N4O. The van der Waals surface area contributed by atoms with Crippen LogP contribution >= 0.6 is 0 Å². The van der Waals surface area contributed by atoms with Crippen LogP contribution in [-0.2, 0) is 17.8 Å². The summed E-state index contributed by atoms with van der Waals surface area (Å²) in [4.78, 5) is 14.8. The fourth-order valence-electron chi connectivity index (χ4n) is 4.76. The van der Waals surface area contributed by atoms with E-state index in [1.807, 2.05) is 30.6 Å². The van der Waals surface area contributed by atoms with E-state index in [-0.39, 0.29) is 5.91 Å². The van der Waals surface area contributed by atoms with E-state index in [1.165, 1.54) is 27.7 Å². The lowest BCUT2D eigenvalue weighted by Crippen LogP contribution is -2.29. The molecule has 0 aliphatic carbocycles. The van der Waals surface area contributed by atoms with Crippen molar-refractivity contribution in [1.82, 2.24) is 19.7 Å². The average molecular weight is 413 g/mol. The van der Waals surface area contributed by atoms with Crippen LogP contribution in [0.15, 0.2) is 67.0 Å². The molecule has 5 nitrogen and oxygen atoms in total. The number of hydrogen-bond acceptors (Lipinski definition) is 2. The van der Waals surface area contributed by atoms with E-state index in [4.69, 9.17) is 0 Å². The third kappa shape index (κ3) is 4.13. The number of rotatable bonds is 6. The quantitative estimate of drug-likeness (QED) is 0.494. The Morgan fingerprint density at radius 1 is 1.13 bits per heavy atom. The second-order valence-electron chi connectivity index (χ2n) is 8.64. The number of carbonyl (C=O) groups excluding carboxylic acids is 1. The van der Waals surface area contributed by atoms with Crippen LogP contribution in [0.4, 0.5) is 0 Å². The molecule has 2 aromatic heterocycles. The van der Waals surface area contributed by atoms with Gasteiger partial charge in [-0.05, 0) is 55.0 Å². The largest absolute Gasteiger partial charge is 0.345 e. The second kappa shape index (κ2) is 8.42. The summed E-state index contributed by atoms with van der Waals surface area (Å²) < 4.78 is 2.41. The predicted molar refractivity (Wildman–Crippen MR) is 124 cm³/mol. The minimum absolute atomic E-state index is 0.283. The highest BCUT2D eigenvalue weighted by atomic mass is 16.2. The first-order valence-corrected chi connectivity index (χ1v) is 11.1. The monoisotopic (exact) mass is 412 g/mol. The number of likely N-dealkylation sites (tertiary alicyclic amines) is 1. The SMILES string of the molecule is Cc1cc2cc(-c3cn[nH]c3)ccc2n1C[C@H]1CCN(C(=O)CCc2ccccc2)C1. The smallest absolute Gasteiger partial charge is 0.222 e. The standard InChI is InChI=1S/C26H28N4O/c1-19-13-23-14-22(24-15-27-28-16-24)8-9-25(23)30(19)18-21-11-12-29(17-21)26(31)10-7-20-5-3-2-4-6-20/h2-6,8-9,13-16,21H,7,10-12,17-18H2,1H3,(H,27,28)/t21-/m0/s1. The molecule has 4 aromatic rings. The Bertz CT molecular complexity index is 1180. The number of aryl methyl sites for hydroxylation is 2. The van der Waals surface area contributed by atoms with Crippen molar-refractivity contribution in [2.75, 3.05) is 13.1 Å². The van der Waals surface area contributed by atoms with Gasteiger partial charge in [-0.25, -0.2) is 0 Å². The lowest BCUT2D eigenvalue weighted by molar-refractivity contribution is -0.130. The van der Waals surface area contributed by atoms with Gasteiger partial charge in [0.25, 0.3) is 0 Å². The minimum Gasteiger partial charge on any atom is -0.345 e. The number of nitrogens with one attached hydrogen (secondary N) is 1. The molecule has 5 heteroatoms. The number of hydrogen-bond donors (Lipinski definition) is 1. The normalized spacial score (nSPS) is 16.3. The second-order valence-corrected chi connectivity index (χ2v) is 8.64. The third-order valence-corrected chi connectivity index (χ3v) is 6.49. The molecule has 0 bridgehead atoms. The van der Waals surface area contributed by atoms with Crippen LogP contribution in [0.1, 0.15) is 24.1 Å². The first kappa shape index (κ1) is 19.6. The van der Waals surface area contributed by atoms with Crippen LogP contribution in [0.2, 0.25) is 0 Å². The number of H-pyrrole nitrogens is 1. The topological polar surface area (TPSA) is 53.9 Å². The molecule has 1 fully saturated rings. The highest BCUT2D eigenvalue weighted by Crippen LogP contribution is 2.28. The predicted octanol–water partition coefficient (Wildman–Crippen LogP) is 4.82. The fourth-order valence-corrected chi connectivity index (χ4v) is 4.76. The molecular weight excluding hydrogens is 384 g/mol. The van der Waals surface area contributed by atoms with Gasteiger partial charge in [0.1, 0.15) is 0 Å². The third-order valence-electron chi connectivity index (χ3n) is 6.49. The lowest BCUT2D eigenvalue weighted by atomic mass is 10.1. The van der Waals surface area contributed by atoms with Crippen LogP contribution in [0.5, 0.6) is 0 Å². The van der Waals surface area contributed by atoms with Gasteiger partial charge in [-0.3, -0.25) is 9.89 Å². The lowest BCUT2D eigenvalue weighted by Gasteiger charge is -2.18. The Hall–Kier alpha value is -3.34. The van der Waals surface area contributed by atoms with Gasteiger partial charge in [0, 0.05) is 54.4 Å². The van der Waals surface area contributed by atoms with Gasteiger partial charge in [-0.1, -0.05) is 36.4 Å². The van der Waals surface area contributed by atoms with Crippen molar-refractivity contribution < 1.29 is 4.79 Å². The minimum atomic E-state index is 0.283. The van der Waals surface area contributed by atoms with Crippen molar-refractivity contribution in [3.8, 4) is 11.1 Å². The number of carbonyl (C=O) groups is 1. The molecule has 1 amide bonds. The highest BCUT2D eigenvalue weighted by Gasteiger charge is 2.26. The number of aromatic nitrogens is 3. The molecule has 0 radical (unpaired) electrons. The first-order chi connectivity index (χ1) is 15.2. The van der Waals surface area contributed by atoms with Crippen molar-refractivity contribution >= 4 is 16.8 Å². The van der Waals surface area contributed by atoms with Crippen molar-refractivity contribution in [3.05, 3.63) is 78.2 Å². The Morgan fingerprint density at radius 2 is 2.00 bits per heavy atom. The molecule has 0 spiro atoms. The summed E-state index contributed by atoms with van der Waals surface area (Å²) in [5, 5.41) is 8.20.